The maximum absolute atomic E-state index is 13.2. The maximum atomic E-state index is 13.2. The second-order valence-electron chi connectivity index (χ2n) is 7.56. The van der Waals surface area contributed by atoms with Crippen molar-refractivity contribution in [2.24, 2.45) is 0 Å². The van der Waals surface area contributed by atoms with Crippen LogP contribution in [-0.2, 0) is 4.74 Å². The van der Waals surface area contributed by atoms with Crippen molar-refractivity contribution in [3.05, 3.63) is 89.5 Å². The average Bonchev–Trinajstić information content (AvgIpc) is 2.68. The Bertz CT molecular complexity index is 1080. The normalized spacial score (nSPS) is 10.9. The Balaban J connectivity index is 2.04. The smallest absolute Gasteiger partial charge is 0.340 e. The lowest BCUT2D eigenvalue weighted by Gasteiger charge is -2.21. The molecular weight excluding hydrogens is 367 g/mol. The van der Waals surface area contributed by atoms with Crippen LogP contribution in [0.2, 0.25) is 0 Å². The van der Waals surface area contributed by atoms with E-state index in [2.05, 4.69) is 10.2 Å². The molecule has 0 spiro atoms. The molecule has 0 saturated carbocycles. The van der Waals surface area contributed by atoms with Gasteiger partial charge in [-0.3, -0.25) is 0 Å². The highest BCUT2D eigenvalue weighted by Gasteiger charge is 2.21. The van der Waals surface area contributed by atoms with Crippen molar-refractivity contribution in [2.75, 3.05) is 5.32 Å². The lowest BCUT2D eigenvalue weighted by Crippen LogP contribution is -2.24. The van der Waals surface area contributed by atoms with Crippen molar-refractivity contribution in [3.8, 4) is 11.1 Å². The van der Waals surface area contributed by atoms with Crippen LogP contribution in [-0.4, -0.2) is 11.6 Å². The molecule has 146 valence electrons. The second-order valence-corrected chi connectivity index (χ2v) is 7.56. The molecule has 0 heterocycles. The van der Waals surface area contributed by atoms with E-state index in [4.69, 9.17) is 11.3 Å². The van der Waals surface area contributed by atoms with Crippen LogP contribution in [0.4, 0.5) is 21.5 Å². The Labute approximate surface area is 169 Å². The summed E-state index contributed by atoms with van der Waals surface area (Å²) in [7, 11) is 0. The minimum absolute atomic E-state index is 0.340. The fraction of sp³-hybridized carbons (Fsp3) is 0.167. The van der Waals surface area contributed by atoms with Gasteiger partial charge in [-0.2, -0.15) is 0 Å². The summed E-state index contributed by atoms with van der Waals surface area (Å²) in [6.45, 7) is 12.6. The molecule has 4 nitrogen and oxygen atoms in total. The number of nitrogens with one attached hydrogen (secondary N) is 1. The van der Waals surface area contributed by atoms with Crippen LogP contribution >= 0.6 is 0 Å². The van der Waals surface area contributed by atoms with Crippen LogP contribution < -0.4 is 5.32 Å². The molecule has 0 aliphatic rings. The molecule has 5 heteroatoms. The van der Waals surface area contributed by atoms with Gasteiger partial charge in [-0.05, 0) is 74.4 Å². The highest BCUT2D eigenvalue weighted by atomic mass is 19.1. The van der Waals surface area contributed by atoms with E-state index in [1.807, 2.05) is 45.0 Å². The number of benzene rings is 3. The first-order valence-corrected chi connectivity index (χ1v) is 9.13. The Hall–Kier alpha value is -3.65. The van der Waals surface area contributed by atoms with E-state index < -0.39 is 11.6 Å². The largest absolute Gasteiger partial charge is 0.456 e. The molecule has 0 aliphatic heterocycles. The first-order valence-electron chi connectivity index (χ1n) is 9.13. The van der Waals surface area contributed by atoms with Crippen LogP contribution in [0.5, 0.6) is 0 Å². The van der Waals surface area contributed by atoms with E-state index in [-0.39, 0.29) is 5.82 Å². The Morgan fingerprint density at radius 3 is 2.34 bits per heavy atom. The van der Waals surface area contributed by atoms with Gasteiger partial charge in [-0.15, -0.1) is 0 Å². The average molecular weight is 388 g/mol. The second kappa shape index (κ2) is 8.15. The number of esters is 1. The van der Waals surface area contributed by atoms with Gasteiger partial charge in [0.15, 0.2) is 5.69 Å². The number of halogens is 1. The Morgan fingerprint density at radius 2 is 1.69 bits per heavy atom. The minimum Gasteiger partial charge on any atom is -0.456 e. The van der Waals surface area contributed by atoms with E-state index in [0.717, 1.165) is 11.1 Å². The first-order chi connectivity index (χ1) is 13.7. The third-order valence-electron chi connectivity index (χ3n) is 4.07. The number of ether oxygens (including phenoxy) is 1. The van der Waals surface area contributed by atoms with E-state index in [1.54, 1.807) is 30.3 Å². The summed E-state index contributed by atoms with van der Waals surface area (Å²) in [5.74, 6) is -0.795. The molecule has 0 bridgehead atoms. The van der Waals surface area contributed by atoms with Crippen molar-refractivity contribution < 1.29 is 13.9 Å². The van der Waals surface area contributed by atoms with Crippen molar-refractivity contribution in [3.63, 3.8) is 0 Å². The summed E-state index contributed by atoms with van der Waals surface area (Å²) < 4.78 is 18.8. The van der Waals surface area contributed by atoms with Gasteiger partial charge in [0.2, 0.25) is 0 Å². The molecule has 3 aromatic carbocycles. The summed E-state index contributed by atoms with van der Waals surface area (Å²) >= 11 is 0. The third-order valence-corrected chi connectivity index (χ3v) is 4.07. The molecule has 0 fully saturated rings. The standard InChI is InChI=1S/C24H21FN2O2/c1-24(2,3)29-23(28)21-13-8-17(16-6-5-7-20(14-16)26-4)15-22(21)27-19-11-9-18(25)10-12-19/h5-15,27H,1-3H3. The van der Waals surface area contributed by atoms with Crippen LogP contribution in [0.25, 0.3) is 16.0 Å². The zero-order valence-electron chi connectivity index (χ0n) is 16.5. The molecule has 0 unspecified atom stereocenters. The maximum Gasteiger partial charge on any atom is 0.340 e. The predicted octanol–water partition coefficient (Wildman–Crippen LogP) is 6.74. The highest BCUT2D eigenvalue weighted by Crippen LogP contribution is 2.31. The van der Waals surface area contributed by atoms with Crippen LogP contribution in [0, 0.1) is 12.4 Å². The van der Waals surface area contributed by atoms with Gasteiger partial charge >= 0.3 is 5.97 Å². The fourth-order valence-electron chi connectivity index (χ4n) is 2.78. The zero-order valence-corrected chi connectivity index (χ0v) is 16.5. The predicted molar refractivity (Wildman–Crippen MR) is 113 cm³/mol. The highest BCUT2D eigenvalue weighted by molar-refractivity contribution is 5.98. The minimum atomic E-state index is -0.632. The summed E-state index contributed by atoms with van der Waals surface area (Å²) in [4.78, 5) is 16.2. The molecule has 0 saturated heterocycles. The molecule has 3 rings (SSSR count). The molecule has 0 atom stereocenters. The first kappa shape index (κ1) is 20.1. The molecule has 29 heavy (non-hydrogen) atoms. The molecule has 0 aromatic heterocycles. The summed E-state index contributed by atoms with van der Waals surface area (Å²) in [5, 5.41) is 3.18. The van der Waals surface area contributed by atoms with Gasteiger partial charge in [0.05, 0.1) is 17.8 Å². The number of hydrogen-bond acceptors (Lipinski definition) is 3. The summed E-state index contributed by atoms with van der Waals surface area (Å²) in [5.41, 5.74) is 3.15. The van der Waals surface area contributed by atoms with Crippen molar-refractivity contribution >= 4 is 23.0 Å². The van der Waals surface area contributed by atoms with Crippen LogP contribution in [0.3, 0.4) is 0 Å². The van der Waals surface area contributed by atoms with E-state index >= 15 is 0 Å². The van der Waals surface area contributed by atoms with Gasteiger partial charge in [0.25, 0.3) is 0 Å². The van der Waals surface area contributed by atoms with Gasteiger partial charge in [-0.1, -0.05) is 24.3 Å². The Kier molecular flexibility index (Phi) is 5.65. The number of anilines is 2. The van der Waals surface area contributed by atoms with Gasteiger partial charge in [0, 0.05) is 5.69 Å². The van der Waals surface area contributed by atoms with E-state index in [0.29, 0.717) is 22.6 Å². The molecule has 3 aromatic rings. The van der Waals surface area contributed by atoms with Gasteiger partial charge < -0.3 is 10.1 Å². The lowest BCUT2D eigenvalue weighted by atomic mass is 10.0. The number of carbonyl (C=O) groups excluding carboxylic acids is 1. The number of carbonyl (C=O) groups is 1. The van der Waals surface area contributed by atoms with Crippen LogP contribution in [0.15, 0.2) is 66.7 Å². The van der Waals surface area contributed by atoms with E-state index in [1.165, 1.54) is 12.1 Å². The molecule has 0 amide bonds. The van der Waals surface area contributed by atoms with Crippen molar-refractivity contribution in [2.45, 2.75) is 26.4 Å². The number of nitrogens with zero attached hydrogens (tertiary/aromatic N) is 1. The number of hydrogen-bond donors (Lipinski definition) is 1. The monoisotopic (exact) mass is 388 g/mol. The lowest BCUT2D eigenvalue weighted by molar-refractivity contribution is 0.00708. The van der Waals surface area contributed by atoms with Crippen molar-refractivity contribution in [1.29, 1.82) is 0 Å². The number of rotatable bonds is 4. The van der Waals surface area contributed by atoms with Gasteiger partial charge in [0.1, 0.15) is 11.4 Å². The van der Waals surface area contributed by atoms with Crippen LogP contribution in [0.1, 0.15) is 31.1 Å². The summed E-state index contributed by atoms with van der Waals surface area (Å²) in [6.07, 6.45) is 0. The van der Waals surface area contributed by atoms with Gasteiger partial charge in [-0.25, -0.2) is 14.0 Å². The van der Waals surface area contributed by atoms with Crippen molar-refractivity contribution in [1.82, 2.24) is 0 Å². The fourth-order valence-corrected chi connectivity index (χ4v) is 2.78. The van der Waals surface area contributed by atoms with E-state index in [9.17, 15) is 9.18 Å². The summed E-state index contributed by atoms with van der Waals surface area (Å²) in [6, 6.07) is 18.5. The molecule has 0 aliphatic carbocycles. The third kappa shape index (κ3) is 5.20. The molecular formula is C24H21FN2O2. The Morgan fingerprint density at radius 1 is 1.00 bits per heavy atom. The SMILES string of the molecule is [C-]#[N+]c1cccc(-c2ccc(C(=O)OC(C)(C)C)c(Nc3ccc(F)cc3)c2)c1. The molecule has 0 radical (unpaired) electrons. The quantitative estimate of drug-likeness (QED) is 0.397. The molecule has 1 N–H and O–H groups in total. The topological polar surface area (TPSA) is 42.7 Å². The zero-order chi connectivity index (χ0) is 21.0.